The van der Waals surface area contributed by atoms with Crippen molar-refractivity contribution in [2.24, 2.45) is 0 Å². The summed E-state index contributed by atoms with van der Waals surface area (Å²) in [5.41, 5.74) is 0.674. The topological polar surface area (TPSA) is 88.6 Å². The first kappa shape index (κ1) is 17.8. The number of amides is 1. The van der Waals surface area contributed by atoms with E-state index in [4.69, 9.17) is 4.74 Å². The van der Waals surface area contributed by atoms with Gasteiger partial charge in [0.25, 0.3) is 0 Å². The first-order valence-corrected chi connectivity index (χ1v) is 8.90. The molecule has 0 spiro atoms. The summed E-state index contributed by atoms with van der Waals surface area (Å²) in [6.07, 6.45) is 0.589. The molecule has 0 aliphatic carbocycles. The SMILES string of the molecule is CNC(=O)C1CN(S(=O)(=O)c2ccc(C(C)(C)C)nc2)CCO1. The Morgan fingerprint density at radius 3 is 2.61 bits per heavy atom. The highest BCUT2D eigenvalue weighted by atomic mass is 32.2. The van der Waals surface area contributed by atoms with Crippen LogP contribution in [0.15, 0.2) is 23.2 Å². The highest BCUT2D eigenvalue weighted by molar-refractivity contribution is 7.89. The summed E-state index contributed by atoms with van der Waals surface area (Å²) in [7, 11) is -2.19. The molecule has 0 bridgehead atoms. The number of nitrogens with one attached hydrogen (secondary N) is 1. The lowest BCUT2D eigenvalue weighted by Crippen LogP contribution is -2.50. The minimum Gasteiger partial charge on any atom is -0.366 e. The molecule has 1 N–H and O–H groups in total. The highest BCUT2D eigenvalue weighted by Gasteiger charge is 2.34. The molecule has 23 heavy (non-hydrogen) atoms. The predicted octanol–water partition coefficient (Wildman–Crippen LogP) is 0.515. The molecule has 1 aromatic heterocycles. The summed E-state index contributed by atoms with van der Waals surface area (Å²) in [5, 5.41) is 2.47. The molecule has 0 saturated carbocycles. The van der Waals surface area contributed by atoms with E-state index in [2.05, 4.69) is 10.3 Å². The van der Waals surface area contributed by atoms with Crippen LogP contribution < -0.4 is 5.32 Å². The van der Waals surface area contributed by atoms with Crippen LogP contribution in [0, 0.1) is 0 Å². The fourth-order valence-electron chi connectivity index (χ4n) is 2.29. The van der Waals surface area contributed by atoms with Crippen LogP contribution in [-0.2, 0) is 25.0 Å². The van der Waals surface area contributed by atoms with Crippen LogP contribution in [-0.4, -0.2) is 56.5 Å². The average Bonchev–Trinajstić information content (AvgIpc) is 2.53. The van der Waals surface area contributed by atoms with Crippen molar-refractivity contribution < 1.29 is 17.9 Å². The zero-order valence-electron chi connectivity index (χ0n) is 13.9. The summed E-state index contributed by atoms with van der Waals surface area (Å²) in [6, 6.07) is 3.29. The molecule has 1 atom stereocenters. The Bertz CT molecular complexity index is 665. The second-order valence-electron chi connectivity index (χ2n) is 6.47. The summed E-state index contributed by atoms with van der Waals surface area (Å²) < 4.78 is 32.0. The van der Waals surface area contributed by atoms with Gasteiger partial charge in [0.05, 0.1) is 6.61 Å². The zero-order valence-corrected chi connectivity index (χ0v) is 14.7. The van der Waals surface area contributed by atoms with E-state index < -0.39 is 16.1 Å². The van der Waals surface area contributed by atoms with E-state index in [1.807, 2.05) is 20.8 Å². The van der Waals surface area contributed by atoms with Gasteiger partial charge in [0.2, 0.25) is 15.9 Å². The van der Waals surface area contributed by atoms with Crippen molar-refractivity contribution in [3.05, 3.63) is 24.0 Å². The Hall–Kier alpha value is -1.51. The Kier molecular flexibility index (Phi) is 5.07. The number of hydrogen-bond acceptors (Lipinski definition) is 5. The third-order valence-corrected chi connectivity index (χ3v) is 5.56. The van der Waals surface area contributed by atoms with E-state index in [9.17, 15) is 13.2 Å². The molecule has 0 radical (unpaired) electrons. The minimum atomic E-state index is -3.69. The summed E-state index contributed by atoms with van der Waals surface area (Å²) in [5.74, 6) is -0.328. The van der Waals surface area contributed by atoms with E-state index in [-0.39, 0.29) is 35.9 Å². The van der Waals surface area contributed by atoms with Gasteiger partial charge in [-0.25, -0.2) is 8.42 Å². The van der Waals surface area contributed by atoms with Crippen molar-refractivity contribution in [2.75, 3.05) is 26.7 Å². The molecule has 1 unspecified atom stereocenters. The van der Waals surface area contributed by atoms with Gasteiger partial charge in [-0.2, -0.15) is 4.31 Å². The smallest absolute Gasteiger partial charge is 0.250 e. The van der Waals surface area contributed by atoms with Crippen LogP contribution in [0.3, 0.4) is 0 Å². The molecule has 128 valence electrons. The summed E-state index contributed by atoms with van der Waals surface area (Å²) >= 11 is 0. The molecule has 1 aliphatic rings. The summed E-state index contributed by atoms with van der Waals surface area (Å²) in [6.45, 7) is 6.45. The van der Waals surface area contributed by atoms with Crippen LogP contribution in [0.2, 0.25) is 0 Å². The third-order valence-electron chi connectivity index (χ3n) is 3.71. The fraction of sp³-hybridized carbons (Fsp3) is 0.600. The van der Waals surface area contributed by atoms with Crippen molar-refractivity contribution in [1.82, 2.24) is 14.6 Å². The number of carbonyl (C=O) groups is 1. The van der Waals surface area contributed by atoms with Crippen molar-refractivity contribution >= 4 is 15.9 Å². The lowest BCUT2D eigenvalue weighted by atomic mass is 9.92. The van der Waals surface area contributed by atoms with Gasteiger partial charge in [-0.15, -0.1) is 0 Å². The lowest BCUT2D eigenvalue weighted by molar-refractivity contribution is -0.135. The van der Waals surface area contributed by atoms with Gasteiger partial charge in [0.15, 0.2) is 0 Å². The van der Waals surface area contributed by atoms with Gasteiger partial charge in [-0.1, -0.05) is 20.8 Å². The van der Waals surface area contributed by atoms with Gasteiger partial charge >= 0.3 is 0 Å². The minimum absolute atomic E-state index is 0.00300. The first-order valence-electron chi connectivity index (χ1n) is 7.46. The molecule has 1 amide bonds. The van der Waals surface area contributed by atoms with Crippen molar-refractivity contribution in [3.63, 3.8) is 0 Å². The normalized spacial score (nSPS) is 20.3. The first-order chi connectivity index (χ1) is 10.7. The fourth-order valence-corrected chi connectivity index (χ4v) is 3.66. The second-order valence-corrected chi connectivity index (χ2v) is 8.40. The molecule has 1 saturated heterocycles. The van der Waals surface area contributed by atoms with Gasteiger partial charge in [-0.05, 0) is 12.1 Å². The summed E-state index contributed by atoms with van der Waals surface area (Å²) in [4.78, 5) is 16.1. The Balaban J connectivity index is 2.22. The molecular weight excluding hydrogens is 318 g/mol. The molecule has 1 aromatic rings. The van der Waals surface area contributed by atoms with Crippen LogP contribution in [0.4, 0.5) is 0 Å². The van der Waals surface area contributed by atoms with Gasteiger partial charge in [0.1, 0.15) is 11.0 Å². The predicted molar refractivity (Wildman–Crippen MR) is 85.5 cm³/mol. The Morgan fingerprint density at radius 2 is 2.09 bits per heavy atom. The van der Waals surface area contributed by atoms with Gasteiger partial charge in [-0.3, -0.25) is 9.78 Å². The van der Waals surface area contributed by atoms with E-state index >= 15 is 0 Å². The number of likely N-dealkylation sites (N-methyl/N-ethyl adjacent to an activating group) is 1. The average molecular weight is 341 g/mol. The van der Waals surface area contributed by atoms with Crippen LogP contribution >= 0.6 is 0 Å². The molecule has 2 rings (SSSR count). The number of nitrogens with zero attached hydrogens (tertiary/aromatic N) is 2. The maximum atomic E-state index is 12.7. The molecule has 1 aliphatic heterocycles. The molecule has 0 aromatic carbocycles. The van der Waals surface area contributed by atoms with Crippen molar-refractivity contribution in [3.8, 4) is 0 Å². The lowest BCUT2D eigenvalue weighted by Gasteiger charge is -2.31. The van der Waals surface area contributed by atoms with Crippen LogP contribution in [0.25, 0.3) is 0 Å². The number of morpholine rings is 1. The number of pyridine rings is 1. The zero-order chi connectivity index (χ0) is 17.3. The van der Waals surface area contributed by atoms with E-state index in [0.29, 0.717) is 0 Å². The van der Waals surface area contributed by atoms with Gasteiger partial charge < -0.3 is 10.1 Å². The van der Waals surface area contributed by atoms with Gasteiger partial charge in [0, 0.05) is 37.4 Å². The maximum absolute atomic E-state index is 12.7. The molecule has 7 nitrogen and oxygen atoms in total. The quantitative estimate of drug-likeness (QED) is 0.866. The number of sulfonamides is 1. The van der Waals surface area contributed by atoms with E-state index in [0.717, 1.165) is 5.69 Å². The number of ether oxygens (including phenoxy) is 1. The van der Waals surface area contributed by atoms with E-state index in [1.54, 1.807) is 12.1 Å². The molecule has 2 heterocycles. The van der Waals surface area contributed by atoms with E-state index in [1.165, 1.54) is 17.5 Å². The third kappa shape index (κ3) is 3.88. The Morgan fingerprint density at radius 1 is 1.39 bits per heavy atom. The highest BCUT2D eigenvalue weighted by Crippen LogP contribution is 2.23. The van der Waals surface area contributed by atoms with Crippen LogP contribution in [0.1, 0.15) is 26.5 Å². The Labute approximate surface area is 137 Å². The standard InChI is InChI=1S/C15H23N3O4S/c1-15(2,3)13-6-5-11(9-17-13)23(20,21)18-7-8-22-12(10-18)14(19)16-4/h5-6,9,12H,7-8,10H2,1-4H3,(H,16,19). The monoisotopic (exact) mass is 341 g/mol. The number of hydrogen-bond donors (Lipinski definition) is 1. The number of rotatable bonds is 3. The van der Waals surface area contributed by atoms with Crippen molar-refractivity contribution in [1.29, 1.82) is 0 Å². The maximum Gasteiger partial charge on any atom is 0.250 e. The largest absolute Gasteiger partial charge is 0.366 e. The molecule has 8 heteroatoms. The molecule has 1 fully saturated rings. The number of aromatic nitrogens is 1. The number of carbonyl (C=O) groups excluding carboxylic acids is 1. The molecular formula is C15H23N3O4S. The van der Waals surface area contributed by atoms with Crippen molar-refractivity contribution in [2.45, 2.75) is 37.2 Å². The van der Waals surface area contributed by atoms with Crippen LogP contribution in [0.5, 0.6) is 0 Å². The second kappa shape index (κ2) is 6.54.